The quantitative estimate of drug-likeness (QED) is 0.804. The number of aromatic nitrogens is 2. The molecule has 0 amide bonds. The van der Waals surface area contributed by atoms with Gasteiger partial charge in [-0.1, -0.05) is 13.8 Å². The van der Waals surface area contributed by atoms with Crippen molar-refractivity contribution >= 4 is 0 Å². The molecule has 2 rings (SSSR count). The summed E-state index contributed by atoms with van der Waals surface area (Å²) < 4.78 is 7.19. The maximum Gasteiger partial charge on any atom is 0.0587 e. The zero-order valence-corrected chi connectivity index (χ0v) is 12.4. The number of hydrogen-bond donors (Lipinski definition) is 1. The molecule has 0 aromatic carbocycles. The lowest BCUT2D eigenvalue weighted by Gasteiger charge is -2.32. The molecule has 19 heavy (non-hydrogen) atoms. The van der Waals surface area contributed by atoms with E-state index in [0.717, 1.165) is 31.5 Å². The SMILES string of the molecule is COCCNCc1cnn(C2CCC(C)C(C)C2)c1. The summed E-state index contributed by atoms with van der Waals surface area (Å²) in [5, 5.41) is 7.90. The van der Waals surface area contributed by atoms with Gasteiger partial charge < -0.3 is 10.1 Å². The molecule has 1 aliphatic rings. The van der Waals surface area contributed by atoms with Crippen molar-refractivity contribution in [2.75, 3.05) is 20.3 Å². The summed E-state index contributed by atoms with van der Waals surface area (Å²) in [5.41, 5.74) is 1.27. The molecule has 4 heteroatoms. The second-order valence-corrected chi connectivity index (χ2v) is 5.92. The third-order valence-electron chi connectivity index (χ3n) is 4.41. The fraction of sp³-hybridized carbons (Fsp3) is 0.800. The molecule has 1 fully saturated rings. The molecule has 108 valence electrons. The standard InChI is InChI=1S/C15H27N3O/c1-12-4-5-15(8-13(12)2)18-11-14(10-17-18)9-16-6-7-19-3/h10-13,15-16H,4-9H2,1-3H3. The van der Waals surface area contributed by atoms with Crippen LogP contribution in [0.2, 0.25) is 0 Å². The first kappa shape index (κ1) is 14.5. The van der Waals surface area contributed by atoms with Gasteiger partial charge in [0.15, 0.2) is 0 Å². The van der Waals surface area contributed by atoms with Crippen molar-refractivity contribution in [3.8, 4) is 0 Å². The molecule has 1 aromatic rings. The highest BCUT2D eigenvalue weighted by atomic mass is 16.5. The minimum atomic E-state index is 0.596. The van der Waals surface area contributed by atoms with Crippen LogP contribution in [-0.4, -0.2) is 30.0 Å². The van der Waals surface area contributed by atoms with E-state index in [4.69, 9.17) is 4.74 Å². The zero-order valence-electron chi connectivity index (χ0n) is 12.4. The Labute approximate surface area is 116 Å². The predicted molar refractivity (Wildman–Crippen MR) is 77.0 cm³/mol. The largest absolute Gasteiger partial charge is 0.383 e. The number of methoxy groups -OCH3 is 1. The summed E-state index contributed by atoms with van der Waals surface area (Å²) in [6, 6.07) is 0.596. The lowest BCUT2D eigenvalue weighted by Crippen LogP contribution is -2.23. The van der Waals surface area contributed by atoms with Gasteiger partial charge in [-0.2, -0.15) is 5.10 Å². The van der Waals surface area contributed by atoms with Crippen LogP contribution in [-0.2, 0) is 11.3 Å². The Morgan fingerprint density at radius 3 is 2.95 bits per heavy atom. The van der Waals surface area contributed by atoms with Crippen molar-refractivity contribution < 1.29 is 4.74 Å². The first-order valence-electron chi connectivity index (χ1n) is 7.43. The van der Waals surface area contributed by atoms with Gasteiger partial charge in [-0.3, -0.25) is 4.68 Å². The van der Waals surface area contributed by atoms with Gasteiger partial charge in [0, 0.05) is 32.0 Å². The van der Waals surface area contributed by atoms with Crippen molar-refractivity contribution in [3.63, 3.8) is 0 Å². The predicted octanol–water partition coefficient (Wildman–Crippen LogP) is 2.62. The summed E-state index contributed by atoms with van der Waals surface area (Å²) in [4.78, 5) is 0. The Hall–Kier alpha value is -0.870. The number of nitrogens with one attached hydrogen (secondary N) is 1. The third kappa shape index (κ3) is 4.05. The molecule has 0 bridgehead atoms. The van der Waals surface area contributed by atoms with Crippen LogP contribution >= 0.6 is 0 Å². The highest BCUT2D eigenvalue weighted by molar-refractivity contribution is 5.04. The Morgan fingerprint density at radius 1 is 1.37 bits per heavy atom. The molecule has 1 saturated carbocycles. The molecule has 0 radical (unpaired) electrons. The molecule has 1 aromatic heterocycles. The summed E-state index contributed by atoms with van der Waals surface area (Å²) >= 11 is 0. The molecule has 0 aliphatic heterocycles. The molecule has 0 saturated heterocycles. The van der Waals surface area contributed by atoms with Gasteiger partial charge >= 0.3 is 0 Å². The van der Waals surface area contributed by atoms with Crippen LogP contribution in [0.15, 0.2) is 12.4 Å². The summed E-state index contributed by atoms with van der Waals surface area (Å²) in [6.45, 7) is 7.26. The van der Waals surface area contributed by atoms with Gasteiger partial charge in [-0.05, 0) is 31.1 Å². The van der Waals surface area contributed by atoms with Gasteiger partial charge in [0.2, 0.25) is 0 Å². The maximum absolute atomic E-state index is 5.02. The van der Waals surface area contributed by atoms with E-state index in [1.54, 1.807) is 7.11 Å². The monoisotopic (exact) mass is 265 g/mol. The average Bonchev–Trinajstić information content (AvgIpc) is 2.87. The molecule has 1 N–H and O–H groups in total. The van der Waals surface area contributed by atoms with E-state index in [-0.39, 0.29) is 0 Å². The minimum absolute atomic E-state index is 0.596. The highest BCUT2D eigenvalue weighted by Crippen LogP contribution is 2.35. The lowest BCUT2D eigenvalue weighted by molar-refractivity contribution is 0.199. The van der Waals surface area contributed by atoms with E-state index >= 15 is 0 Å². The normalized spacial score (nSPS) is 27.6. The summed E-state index contributed by atoms with van der Waals surface area (Å²) in [7, 11) is 1.73. The van der Waals surface area contributed by atoms with Gasteiger partial charge in [-0.25, -0.2) is 0 Å². The molecule has 3 atom stereocenters. The molecule has 4 nitrogen and oxygen atoms in total. The number of rotatable bonds is 6. The Balaban J connectivity index is 1.83. The van der Waals surface area contributed by atoms with Crippen molar-refractivity contribution in [2.24, 2.45) is 11.8 Å². The fourth-order valence-electron chi connectivity index (χ4n) is 2.83. The smallest absolute Gasteiger partial charge is 0.0587 e. The third-order valence-corrected chi connectivity index (χ3v) is 4.41. The Morgan fingerprint density at radius 2 is 2.21 bits per heavy atom. The molecular weight excluding hydrogens is 238 g/mol. The lowest BCUT2D eigenvalue weighted by atomic mass is 9.79. The molecule has 3 unspecified atom stereocenters. The molecule has 1 aliphatic carbocycles. The van der Waals surface area contributed by atoms with Gasteiger partial charge in [0.25, 0.3) is 0 Å². The van der Waals surface area contributed by atoms with E-state index in [1.165, 1.54) is 24.8 Å². The maximum atomic E-state index is 5.02. The van der Waals surface area contributed by atoms with E-state index in [1.807, 2.05) is 6.20 Å². The molecule has 1 heterocycles. The summed E-state index contributed by atoms with van der Waals surface area (Å²) in [5.74, 6) is 1.67. The zero-order chi connectivity index (χ0) is 13.7. The van der Waals surface area contributed by atoms with Crippen molar-refractivity contribution in [3.05, 3.63) is 18.0 Å². The first-order chi connectivity index (χ1) is 9.20. The van der Waals surface area contributed by atoms with E-state index in [9.17, 15) is 0 Å². The van der Waals surface area contributed by atoms with E-state index in [2.05, 4.69) is 35.1 Å². The Bertz CT molecular complexity index is 377. The summed E-state index contributed by atoms with van der Waals surface area (Å²) in [6.07, 6.45) is 8.05. The first-order valence-corrected chi connectivity index (χ1v) is 7.43. The van der Waals surface area contributed by atoms with Crippen molar-refractivity contribution in [2.45, 2.75) is 45.7 Å². The van der Waals surface area contributed by atoms with Crippen LogP contribution in [0.5, 0.6) is 0 Å². The van der Waals surface area contributed by atoms with Crippen LogP contribution < -0.4 is 5.32 Å². The van der Waals surface area contributed by atoms with Crippen molar-refractivity contribution in [1.29, 1.82) is 0 Å². The number of hydrogen-bond acceptors (Lipinski definition) is 3. The topological polar surface area (TPSA) is 39.1 Å². The van der Waals surface area contributed by atoms with Gasteiger partial charge in [0.05, 0.1) is 18.8 Å². The van der Waals surface area contributed by atoms with E-state index < -0.39 is 0 Å². The molecular formula is C15H27N3O. The van der Waals surface area contributed by atoms with Crippen LogP contribution in [0.25, 0.3) is 0 Å². The van der Waals surface area contributed by atoms with Gasteiger partial charge in [0.1, 0.15) is 0 Å². The van der Waals surface area contributed by atoms with Crippen LogP contribution in [0, 0.1) is 11.8 Å². The van der Waals surface area contributed by atoms with Crippen LogP contribution in [0.1, 0.15) is 44.7 Å². The second-order valence-electron chi connectivity index (χ2n) is 5.92. The van der Waals surface area contributed by atoms with Crippen LogP contribution in [0.3, 0.4) is 0 Å². The van der Waals surface area contributed by atoms with Gasteiger partial charge in [-0.15, -0.1) is 0 Å². The van der Waals surface area contributed by atoms with Crippen LogP contribution in [0.4, 0.5) is 0 Å². The second kappa shape index (κ2) is 7.06. The Kier molecular flexibility index (Phi) is 5.40. The minimum Gasteiger partial charge on any atom is -0.383 e. The van der Waals surface area contributed by atoms with Crippen molar-refractivity contribution in [1.82, 2.24) is 15.1 Å². The fourth-order valence-corrected chi connectivity index (χ4v) is 2.83. The highest BCUT2D eigenvalue weighted by Gasteiger charge is 2.25. The average molecular weight is 265 g/mol. The molecule has 0 spiro atoms. The van der Waals surface area contributed by atoms with E-state index in [0.29, 0.717) is 6.04 Å². The number of ether oxygens (including phenoxy) is 1. The number of nitrogens with zero attached hydrogens (tertiary/aromatic N) is 2.